The molecule has 0 saturated carbocycles. The summed E-state index contributed by atoms with van der Waals surface area (Å²) in [5.41, 5.74) is 1.05. The van der Waals surface area contributed by atoms with Crippen LogP contribution in [-0.4, -0.2) is 28.7 Å². The van der Waals surface area contributed by atoms with Crippen LogP contribution in [0.3, 0.4) is 0 Å². The number of carbonyl (C=O) groups is 1. The normalized spacial score (nSPS) is 15.9. The number of imidazole rings is 1. The first-order valence-corrected chi connectivity index (χ1v) is 9.81. The maximum absolute atomic E-state index is 14.5. The molecule has 0 bridgehead atoms. The predicted molar refractivity (Wildman–Crippen MR) is 108 cm³/mol. The molecule has 0 spiro atoms. The lowest BCUT2D eigenvalue weighted by Crippen LogP contribution is -2.44. The van der Waals surface area contributed by atoms with Gasteiger partial charge in [-0.2, -0.15) is 0 Å². The summed E-state index contributed by atoms with van der Waals surface area (Å²) >= 11 is 3.44. The third kappa shape index (κ3) is 3.59. The molecule has 1 amide bonds. The number of hydrogen-bond donors (Lipinski definition) is 1. The number of nitrogens with zero attached hydrogens (tertiary/aromatic N) is 2. The minimum atomic E-state index is -0.696. The van der Waals surface area contributed by atoms with Gasteiger partial charge >= 0.3 is 0 Å². The number of amides is 1. The van der Waals surface area contributed by atoms with Crippen molar-refractivity contribution in [2.24, 2.45) is 0 Å². The molecule has 28 heavy (non-hydrogen) atoms. The number of carbonyl (C=O) groups excluding carboxylic acids is 1. The van der Waals surface area contributed by atoms with E-state index in [9.17, 15) is 9.18 Å². The van der Waals surface area contributed by atoms with E-state index in [0.29, 0.717) is 37.4 Å². The minimum Gasteiger partial charge on any atom is -0.381 e. The van der Waals surface area contributed by atoms with Gasteiger partial charge in [0, 0.05) is 35.8 Å². The summed E-state index contributed by atoms with van der Waals surface area (Å²) in [5.74, 6) is -0.576. The zero-order chi connectivity index (χ0) is 19.6. The Balaban J connectivity index is 1.61. The van der Waals surface area contributed by atoms with E-state index in [2.05, 4.69) is 26.2 Å². The lowest BCUT2D eigenvalue weighted by Gasteiger charge is -2.36. The fraction of sp³-hybridized carbons (Fsp3) is 0.238. The smallest absolute Gasteiger partial charge is 0.235 e. The molecule has 2 aromatic carbocycles. The molecule has 0 radical (unpaired) electrons. The first kappa shape index (κ1) is 18.8. The molecule has 3 aromatic rings. The van der Waals surface area contributed by atoms with Gasteiger partial charge in [0.2, 0.25) is 5.91 Å². The first-order valence-electron chi connectivity index (χ1n) is 9.02. The molecule has 1 aliphatic rings. The lowest BCUT2D eigenvalue weighted by molar-refractivity contribution is -0.125. The van der Waals surface area contributed by atoms with Crippen molar-refractivity contribution in [1.82, 2.24) is 9.55 Å². The summed E-state index contributed by atoms with van der Waals surface area (Å²) in [6.07, 6.45) is 5.94. The molecule has 1 aromatic heterocycles. The van der Waals surface area contributed by atoms with E-state index < -0.39 is 11.2 Å². The molecule has 0 atom stereocenters. The summed E-state index contributed by atoms with van der Waals surface area (Å²) in [5, 5.41) is 2.91. The van der Waals surface area contributed by atoms with Gasteiger partial charge in [-0.25, -0.2) is 9.37 Å². The minimum absolute atomic E-state index is 0.145. The molecule has 2 heterocycles. The highest BCUT2D eigenvalue weighted by molar-refractivity contribution is 9.10. The van der Waals surface area contributed by atoms with E-state index in [-0.39, 0.29) is 5.91 Å². The van der Waals surface area contributed by atoms with E-state index in [0.717, 1.165) is 10.0 Å². The van der Waals surface area contributed by atoms with E-state index in [1.807, 2.05) is 24.3 Å². The van der Waals surface area contributed by atoms with E-state index in [1.54, 1.807) is 29.1 Å². The Morgan fingerprint density at radius 1 is 1.18 bits per heavy atom. The average molecular weight is 444 g/mol. The highest BCUT2D eigenvalue weighted by atomic mass is 79.9. The number of ether oxygens (including phenoxy) is 1. The number of rotatable bonds is 4. The molecule has 1 saturated heterocycles. The maximum atomic E-state index is 14.5. The van der Waals surface area contributed by atoms with Gasteiger partial charge in [-0.15, -0.1) is 0 Å². The second-order valence-electron chi connectivity index (χ2n) is 6.79. The fourth-order valence-electron chi connectivity index (χ4n) is 3.58. The van der Waals surface area contributed by atoms with Crippen LogP contribution < -0.4 is 5.32 Å². The molecular formula is C21H19BrFN3O2. The van der Waals surface area contributed by atoms with Crippen molar-refractivity contribution in [3.05, 3.63) is 77.0 Å². The Hall–Kier alpha value is -2.51. The van der Waals surface area contributed by atoms with Gasteiger partial charge in [0.15, 0.2) is 0 Å². The van der Waals surface area contributed by atoms with Crippen molar-refractivity contribution in [2.75, 3.05) is 18.5 Å². The zero-order valence-corrected chi connectivity index (χ0v) is 16.7. The maximum Gasteiger partial charge on any atom is 0.235 e. The second-order valence-corrected chi connectivity index (χ2v) is 7.71. The van der Waals surface area contributed by atoms with Gasteiger partial charge in [-0.05, 0) is 48.7 Å². The van der Waals surface area contributed by atoms with Crippen molar-refractivity contribution in [3.63, 3.8) is 0 Å². The topological polar surface area (TPSA) is 56.2 Å². The van der Waals surface area contributed by atoms with Crippen LogP contribution in [0.25, 0.3) is 5.69 Å². The van der Waals surface area contributed by atoms with Gasteiger partial charge in [0.25, 0.3) is 0 Å². The number of benzene rings is 2. The molecular weight excluding hydrogens is 425 g/mol. The van der Waals surface area contributed by atoms with Crippen LogP contribution in [0.5, 0.6) is 0 Å². The Kier molecular flexibility index (Phi) is 5.28. The Morgan fingerprint density at radius 2 is 1.93 bits per heavy atom. The standard InChI is InChI=1S/C21H19BrFN3O2/c22-16-3-1-15(2-4-16)21(7-11-28-12-8-21)20(27)25-17-5-6-19(18(23)13-17)26-10-9-24-14-26/h1-6,9-10,13-14H,7-8,11-12H2,(H,25,27). The number of nitrogens with one attached hydrogen (secondary N) is 1. The molecule has 1 fully saturated rings. The van der Waals surface area contributed by atoms with Crippen LogP contribution in [0.2, 0.25) is 0 Å². The van der Waals surface area contributed by atoms with Gasteiger partial charge in [0.1, 0.15) is 5.82 Å². The molecule has 5 nitrogen and oxygen atoms in total. The second kappa shape index (κ2) is 7.85. The van der Waals surface area contributed by atoms with Crippen LogP contribution in [0.4, 0.5) is 10.1 Å². The zero-order valence-electron chi connectivity index (χ0n) is 15.1. The van der Waals surface area contributed by atoms with E-state index in [4.69, 9.17) is 4.74 Å². The molecule has 0 aliphatic carbocycles. The van der Waals surface area contributed by atoms with Crippen molar-refractivity contribution in [3.8, 4) is 5.69 Å². The van der Waals surface area contributed by atoms with Crippen molar-refractivity contribution in [1.29, 1.82) is 0 Å². The fourth-order valence-corrected chi connectivity index (χ4v) is 3.85. The molecule has 0 unspecified atom stereocenters. The number of halogens is 2. The first-order chi connectivity index (χ1) is 13.6. The molecule has 4 rings (SSSR count). The lowest BCUT2D eigenvalue weighted by atomic mass is 9.73. The quantitative estimate of drug-likeness (QED) is 0.647. The van der Waals surface area contributed by atoms with Gasteiger partial charge in [-0.3, -0.25) is 4.79 Å². The summed E-state index contributed by atoms with van der Waals surface area (Å²) in [6, 6.07) is 12.4. The van der Waals surface area contributed by atoms with E-state index in [1.165, 1.54) is 12.4 Å². The number of hydrogen-bond acceptors (Lipinski definition) is 3. The van der Waals surface area contributed by atoms with Crippen LogP contribution in [-0.2, 0) is 14.9 Å². The molecule has 1 N–H and O–H groups in total. The van der Waals surface area contributed by atoms with Crippen molar-refractivity contribution in [2.45, 2.75) is 18.3 Å². The van der Waals surface area contributed by atoms with Crippen molar-refractivity contribution < 1.29 is 13.9 Å². The predicted octanol–water partition coefficient (Wildman–Crippen LogP) is 4.46. The number of anilines is 1. The van der Waals surface area contributed by atoms with Crippen LogP contribution >= 0.6 is 15.9 Å². The Morgan fingerprint density at radius 3 is 2.57 bits per heavy atom. The molecule has 144 valence electrons. The monoisotopic (exact) mass is 443 g/mol. The highest BCUT2D eigenvalue weighted by Gasteiger charge is 2.41. The molecule has 7 heteroatoms. The van der Waals surface area contributed by atoms with Crippen LogP contribution in [0.1, 0.15) is 18.4 Å². The van der Waals surface area contributed by atoms with Gasteiger partial charge < -0.3 is 14.6 Å². The Labute approximate surface area is 170 Å². The Bertz CT molecular complexity index is 968. The SMILES string of the molecule is O=C(Nc1ccc(-n2ccnc2)c(F)c1)C1(c2ccc(Br)cc2)CCOCC1. The van der Waals surface area contributed by atoms with Crippen LogP contribution in [0.15, 0.2) is 65.7 Å². The molecule has 1 aliphatic heterocycles. The van der Waals surface area contributed by atoms with Gasteiger partial charge in [0.05, 0.1) is 17.4 Å². The highest BCUT2D eigenvalue weighted by Crippen LogP contribution is 2.37. The number of aromatic nitrogens is 2. The largest absolute Gasteiger partial charge is 0.381 e. The summed E-state index contributed by atoms with van der Waals surface area (Å²) < 4.78 is 22.6. The third-order valence-electron chi connectivity index (χ3n) is 5.17. The third-order valence-corrected chi connectivity index (χ3v) is 5.69. The van der Waals surface area contributed by atoms with Crippen molar-refractivity contribution >= 4 is 27.5 Å². The van der Waals surface area contributed by atoms with Crippen LogP contribution in [0, 0.1) is 5.82 Å². The summed E-state index contributed by atoms with van der Waals surface area (Å²) in [7, 11) is 0. The van der Waals surface area contributed by atoms with E-state index >= 15 is 0 Å². The average Bonchev–Trinajstić information content (AvgIpc) is 3.23. The van der Waals surface area contributed by atoms with Gasteiger partial charge in [-0.1, -0.05) is 28.1 Å². The summed E-state index contributed by atoms with van der Waals surface area (Å²) in [6.45, 7) is 1.02. The summed E-state index contributed by atoms with van der Waals surface area (Å²) in [4.78, 5) is 17.2.